The molecule has 0 aliphatic carbocycles. The Kier molecular flexibility index (Phi) is 9.45. The molecular formula is C23H33NO5S. The van der Waals surface area contributed by atoms with Gasteiger partial charge >= 0.3 is 0 Å². The summed E-state index contributed by atoms with van der Waals surface area (Å²) in [5.74, 6) is 0. The van der Waals surface area contributed by atoms with E-state index in [2.05, 4.69) is 4.90 Å². The van der Waals surface area contributed by atoms with Crippen LogP contribution in [0.4, 0.5) is 0 Å². The van der Waals surface area contributed by atoms with Gasteiger partial charge in [0.25, 0.3) is 10.1 Å². The van der Waals surface area contributed by atoms with Gasteiger partial charge in [0.1, 0.15) is 0 Å². The standard InChI is InChI=1S/C23H33NO5S/c1-23(2,19-29-30(3,26)27)18-24(14-20-10-6-4-7-11-20)15-22(25)17-28-16-21-12-8-5-9-13-21/h4-13,22,25H,14-19H2,1-3H3/t22-/m0/s1. The Morgan fingerprint density at radius 3 is 2.13 bits per heavy atom. The first-order valence-electron chi connectivity index (χ1n) is 10.0. The van der Waals surface area contributed by atoms with Crippen LogP contribution in [0, 0.1) is 5.41 Å². The van der Waals surface area contributed by atoms with Crippen LogP contribution in [0.3, 0.4) is 0 Å². The summed E-state index contributed by atoms with van der Waals surface area (Å²) in [6.07, 6.45) is 0.391. The van der Waals surface area contributed by atoms with Crippen LogP contribution in [0.15, 0.2) is 60.7 Å². The summed E-state index contributed by atoms with van der Waals surface area (Å²) in [6, 6.07) is 19.8. The maximum atomic E-state index is 11.4. The van der Waals surface area contributed by atoms with Crippen molar-refractivity contribution in [2.75, 3.05) is 32.6 Å². The maximum Gasteiger partial charge on any atom is 0.264 e. The van der Waals surface area contributed by atoms with Gasteiger partial charge in [-0.05, 0) is 11.1 Å². The number of aliphatic hydroxyl groups excluding tert-OH is 1. The van der Waals surface area contributed by atoms with Gasteiger partial charge in [0.15, 0.2) is 0 Å². The number of rotatable bonds is 13. The van der Waals surface area contributed by atoms with E-state index in [1.807, 2.05) is 74.5 Å². The topological polar surface area (TPSA) is 76.1 Å². The van der Waals surface area contributed by atoms with E-state index < -0.39 is 21.6 Å². The molecule has 30 heavy (non-hydrogen) atoms. The van der Waals surface area contributed by atoms with Crippen LogP contribution in [0.2, 0.25) is 0 Å². The van der Waals surface area contributed by atoms with Gasteiger partial charge in [-0.25, -0.2) is 0 Å². The fraction of sp³-hybridized carbons (Fsp3) is 0.478. The zero-order valence-corrected chi connectivity index (χ0v) is 18.8. The molecule has 0 spiro atoms. The maximum absolute atomic E-state index is 11.4. The summed E-state index contributed by atoms with van der Waals surface area (Å²) in [5, 5.41) is 10.5. The molecule has 6 nitrogen and oxygen atoms in total. The number of hydrogen-bond donors (Lipinski definition) is 1. The van der Waals surface area contributed by atoms with Gasteiger partial charge < -0.3 is 9.84 Å². The van der Waals surface area contributed by atoms with Crippen molar-refractivity contribution < 1.29 is 22.4 Å². The number of aliphatic hydroxyl groups is 1. The first-order chi connectivity index (χ1) is 14.1. The van der Waals surface area contributed by atoms with Crippen LogP contribution >= 0.6 is 0 Å². The Balaban J connectivity index is 1.94. The summed E-state index contributed by atoms with van der Waals surface area (Å²) in [4.78, 5) is 2.11. The average molecular weight is 436 g/mol. The fourth-order valence-corrected chi connectivity index (χ4v) is 3.72. The molecule has 0 amide bonds. The first kappa shape index (κ1) is 24.5. The molecular weight excluding hydrogens is 402 g/mol. The second-order valence-corrected chi connectivity index (χ2v) is 10.1. The van der Waals surface area contributed by atoms with Gasteiger partial charge in [0, 0.05) is 25.0 Å². The summed E-state index contributed by atoms with van der Waals surface area (Å²) >= 11 is 0. The molecule has 0 heterocycles. The van der Waals surface area contributed by atoms with Crippen molar-refractivity contribution >= 4 is 10.1 Å². The summed E-state index contributed by atoms with van der Waals surface area (Å²) in [6.45, 7) is 6.27. The predicted molar refractivity (Wildman–Crippen MR) is 118 cm³/mol. The minimum Gasteiger partial charge on any atom is -0.389 e. The fourth-order valence-electron chi connectivity index (χ4n) is 3.18. The van der Waals surface area contributed by atoms with Crippen molar-refractivity contribution in [1.82, 2.24) is 4.90 Å². The lowest BCUT2D eigenvalue weighted by atomic mass is 9.93. The lowest BCUT2D eigenvalue weighted by molar-refractivity contribution is -0.000392. The molecule has 0 saturated heterocycles. The number of hydrogen-bond acceptors (Lipinski definition) is 6. The minimum atomic E-state index is -3.50. The first-order valence-corrected chi connectivity index (χ1v) is 11.8. The smallest absolute Gasteiger partial charge is 0.264 e. The van der Waals surface area contributed by atoms with Crippen LogP contribution < -0.4 is 0 Å². The molecule has 1 atom stereocenters. The highest BCUT2D eigenvalue weighted by Gasteiger charge is 2.25. The molecule has 0 aliphatic rings. The lowest BCUT2D eigenvalue weighted by Gasteiger charge is -2.33. The van der Waals surface area contributed by atoms with Crippen molar-refractivity contribution in [3.05, 3.63) is 71.8 Å². The van der Waals surface area contributed by atoms with Crippen LogP contribution in [0.5, 0.6) is 0 Å². The van der Waals surface area contributed by atoms with Gasteiger partial charge in [0.2, 0.25) is 0 Å². The third-order valence-electron chi connectivity index (χ3n) is 4.46. The van der Waals surface area contributed by atoms with Gasteiger partial charge in [-0.3, -0.25) is 9.08 Å². The van der Waals surface area contributed by atoms with Crippen molar-refractivity contribution in [3.63, 3.8) is 0 Å². The number of benzene rings is 2. The Bertz CT molecular complexity index is 840. The van der Waals surface area contributed by atoms with Crippen molar-refractivity contribution in [2.24, 2.45) is 5.41 Å². The number of nitrogens with zero attached hydrogens (tertiary/aromatic N) is 1. The zero-order chi connectivity index (χ0) is 22.0. The minimum absolute atomic E-state index is 0.0811. The van der Waals surface area contributed by atoms with Gasteiger partial charge in [-0.15, -0.1) is 0 Å². The molecule has 2 aromatic rings. The molecule has 0 aliphatic heterocycles. The van der Waals surface area contributed by atoms with E-state index in [9.17, 15) is 13.5 Å². The third kappa shape index (κ3) is 10.3. The molecule has 0 aromatic heterocycles. The molecule has 2 rings (SSSR count). The summed E-state index contributed by atoms with van der Waals surface area (Å²) < 4.78 is 33.4. The van der Waals surface area contributed by atoms with E-state index in [0.29, 0.717) is 26.2 Å². The predicted octanol–water partition coefficient (Wildman–Crippen LogP) is 3.07. The van der Waals surface area contributed by atoms with E-state index in [0.717, 1.165) is 17.4 Å². The normalized spacial score (nSPS) is 13.5. The van der Waals surface area contributed by atoms with E-state index >= 15 is 0 Å². The highest BCUT2D eigenvalue weighted by molar-refractivity contribution is 7.85. The average Bonchev–Trinajstić information content (AvgIpc) is 2.67. The quantitative estimate of drug-likeness (QED) is 0.488. The third-order valence-corrected chi connectivity index (χ3v) is 5.00. The van der Waals surface area contributed by atoms with E-state index in [1.54, 1.807) is 0 Å². The molecule has 2 aromatic carbocycles. The van der Waals surface area contributed by atoms with Crippen LogP contribution in [-0.4, -0.2) is 57.1 Å². The summed E-state index contributed by atoms with van der Waals surface area (Å²) in [5.41, 5.74) is 1.77. The van der Waals surface area contributed by atoms with Crippen molar-refractivity contribution in [3.8, 4) is 0 Å². The molecule has 0 unspecified atom stereocenters. The van der Waals surface area contributed by atoms with Crippen LogP contribution in [0.1, 0.15) is 25.0 Å². The Morgan fingerprint density at radius 2 is 1.57 bits per heavy atom. The second kappa shape index (κ2) is 11.6. The number of ether oxygens (including phenoxy) is 1. The molecule has 0 radical (unpaired) electrons. The molecule has 0 bridgehead atoms. The van der Waals surface area contributed by atoms with E-state index in [-0.39, 0.29) is 13.2 Å². The Morgan fingerprint density at radius 1 is 1.00 bits per heavy atom. The Hall–Kier alpha value is -1.77. The molecule has 0 saturated carbocycles. The molecule has 7 heteroatoms. The largest absolute Gasteiger partial charge is 0.389 e. The second-order valence-electron chi connectivity index (χ2n) is 8.44. The van der Waals surface area contributed by atoms with Crippen molar-refractivity contribution in [1.29, 1.82) is 0 Å². The van der Waals surface area contributed by atoms with Gasteiger partial charge in [0.05, 0.1) is 32.2 Å². The lowest BCUT2D eigenvalue weighted by Crippen LogP contribution is -2.42. The monoisotopic (exact) mass is 435 g/mol. The van der Waals surface area contributed by atoms with Crippen molar-refractivity contribution in [2.45, 2.75) is 33.1 Å². The van der Waals surface area contributed by atoms with Gasteiger partial charge in [-0.1, -0.05) is 74.5 Å². The molecule has 1 N–H and O–H groups in total. The zero-order valence-electron chi connectivity index (χ0n) is 18.0. The van der Waals surface area contributed by atoms with E-state index in [4.69, 9.17) is 8.92 Å². The molecule has 166 valence electrons. The van der Waals surface area contributed by atoms with Crippen LogP contribution in [0.25, 0.3) is 0 Å². The van der Waals surface area contributed by atoms with Crippen LogP contribution in [-0.2, 0) is 32.2 Å². The van der Waals surface area contributed by atoms with E-state index in [1.165, 1.54) is 0 Å². The molecule has 0 fully saturated rings. The highest BCUT2D eigenvalue weighted by atomic mass is 32.2. The SMILES string of the molecule is CC(C)(COS(C)(=O)=O)CN(Cc1ccccc1)C[C@H](O)COCc1ccccc1. The van der Waals surface area contributed by atoms with Gasteiger partial charge in [-0.2, -0.15) is 8.42 Å². The Labute approximate surface area is 180 Å². The highest BCUT2D eigenvalue weighted by Crippen LogP contribution is 2.20. The summed E-state index contributed by atoms with van der Waals surface area (Å²) in [7, 11) is -3.50.